The van der Waals surface area contributed by atoms with Crippen LogP contribution in [0.3, 0.4) is 0 Å². The molecular weight excluding hydrogens is 340 g/mol. The number of anilines is 1. The second kappa shape index (κ2) is 6.58. The zero-order valence-electron chi connectivity index (χ0n) is 12.5. The molecule has 10 nitrogen and oxygen atoms in total. The molecule has 0 saturated carbocycles. The van der Waals surface area contributed by atoms with Gasteiger partial charge in [0.15, 0.2) is 0 Å². The third kappa shape index (κ3) is 3.46. The van der Waals surface area contributed by atoms with Crippen molar-refractivity contribution in [2.45, 2.75) is 11.8 Å². The minimum absolute atomic E-state index is 0.110. The fourth-order valence-electron chi connectivity index (χ4n) is 1.74. The lowest BCUT2D eigenvalue weighted by atomic mass is 10.2. The molecule has 1 amide bonds. The number of hydrogen-bond donors (Lipinski definition) is 2. The maximum atomic E-state index is 12.3. The van der Waals surface area contributed by atoms with Crippen LogP contribution in [0.1, 0.15) is 16.2 Å². The number of aryl methyl sites for hydroxylation is 1. The molecule has 1 aromatic carbocycles. The normalized spacial score (nSPS) is 10.9. The Morgan fingerprint density at radius 2 is 1.83 bits per heavy atom. The summed E-state index contributed by atoms with van der Waals surface area (Å²) in [5, 5.41) is 9.59. The van der Waals surface area contributed by atoms with Gasteiger partial charge in [0, 0.05) is 0 Å². The van der Waals surface area contributed by atoms with Gasteiger partial charge in [0.05, 0.1) is 17.6 Å². The Bertz CT molecular complexity index is 912. The van der Waals surface area contributed by atoms with E-state index in [2.05, 4.69) is 15.0 Å². The van der Waals surface area contributed by atoms with Crippen LogP contribution in [0, 0.1) is 6.92 Å². The molecule has 1 heterocycles. The van der Waals surface area contributed by atoms with Gasteiger partial charge in [0.2, 0.25) is 5.95 Å². The Kier molecular flexibility index (Phi) is 4.74. The SMILES string of the molecule is COc1nc(C)nc(NC(=O)S(=O)(=O)c2ccccc2C(=O)O)n1. The molecule has 0 aliphatic carbocycles. The van der Waals surface area contributed by atoms with Gasteiger partial charge in [0.1, 0.15) is 5.82 Å². The molecule has 1 aromatic heterocycles. The van der Waals surface area contributed by atoms with Crippen LogP contribution in [-0.4, -0.2) is 46.8 Å². The Labute approximate surface area is 136 Å². The number of ether oxygens (including phenoxy) is 1. The van der Waals surface area contributed by atoms with Gasteiger partial charge >= 0.3 is 17.2 Å². The minimum atomic E-state index is -4.62. The van der Waals surface area contributed by atoms with E-state index in [-0.39, 0.29) is 17.8 Å². The van der Waals surface area contributed by atoms with Crippen molar-refractivity contribution >= 4 is 27.0 Å². The summed E-state index contributed by atoms with van der Waals surface area (Å²) in [7, 11) is -3.33. The van der Waals surface area contributed by atoms with Crippen molar-refractivity contribution in [1.29, 1.82) is 0 Å². The molecule has 11 heteroatoms. The summed E-state index contributed by atoms with van der Waals surface area (Å²) < 4.78 is 29.4. The van der Waals surface area contributed by atoms with E-state index in [9.17, 15) is 18.0 Å². The van der Waals surface area contributed by atoms with Crippen molar-refractivity contribution < 1.29 is 27.9 Å². The average Bonchev–Trinajstić information content (AvgIpc) is 2.54. The van der Waals surface area contributed by atoms with Gasteiger partial charge in [-0.05, 0) is 19.1 Å². The number of benzene rings is 1. The second-order valence-electron chi connectivity index (χ2n) is 4.41. The standard InChI is InChI=1S/C13H12N4O6S/c1-7-14-11(16-12(15-7)23-2)17-13(20)24(21,22)9-6-4-3-5-8(9)10(18)19/h3-6H,1-2H3,(H,18,19)(H,14,15,16,17,20). The van der Waals surface area contributed by atoms with Crippen LogP contribution in [0.15, 0.2) is 29.2 Å². The quantitative estimate of drug-likeness (QED) is 0.818. The van der Waals surface area contributed by atoms with E-state index in [1.54, 1.807) is 0 Å². The van der Waals surface area contributed by atoms with Crippen molar-refractivity contribution in [3.8, 4) is 6.01 Å². The second-order valence-corrected chi connectivity index (χ2v) is 6.23. The lowest BCUT2D eigenvalue weighted by molar-refractivity contribution is 0.0692. The maximum Gasteiger partial charge on any atom is 0.348 e. The Balaban J connectivity index is 2.39. The van der Waals surface area contributed by atoms with E-state index in [4.69, 9.17) is 9.84 Å². The van der Waals surface area contributed by atoms with Gasteiger partial charge in [0.25, 0.3) is 9.84 Å². The summed E-state index contributed by atoms with van der Waals surface area (Å²) in [6.07, 6.45) is 0. The van der Waals surface area contributed by atoms with Gasteiger partial charge in [-0.25, -0.2) is 13.2 Å². The van der Waals surface area contributed by atoms with Crippen molar-refractivity contribution in [3.05, 3.63) is 35.7 Å². The summed E-state index contributed by atoms with van der Waals surface area (Å²) in [5.74, 6) is -1.61. The highest BCUT2D eigenvalue weighted by Crippen LogP contribution is 2.19. The van der Waals surface area contributed by atoms with Crippen molar-refractivity contribution in [2.75, 3.05) is 12.4 Å². The van der Waals surface area contributed by atoms with E-state index in [0.29, 0.717) is 0 Å². The minimum Gasteiger partial charge on any atom is -0.478 e. The highest BCUT2D eigenvalue weighted by Gasteiger charge is 2.30. The van der Waals surface area contributed by atoms with E-state index < -0.39 is 31.5 Å². The summed E-state index contributed by atoms with van der Waals surface area (Å²) in [4.78, 5) is 33.9. The van der Waals surface area contributed by atoms with Crippen LogP contribution >= 0.6 is 0 Å². The molecule has 2 aromatic rings. The molecule has 0 saturated heterocycles. The van der Waals surface area contributed by atoms with E-state index in [1.165, 1.54) is 26.2 Å². The van der Waals surface area contributed by atoms with Gasteiger partial charge in [-0.2, -0.15) is 15.0 Å². The zero-order chi connectivity index (χ0) is 17.9. The van der Waals surface area contributed by atoms with Crippen LogP contribution < -0.4 is 10.1 Å². The molecule has 0 aliphatic rings. The van der Waals surface area contributed by atoms with Crippen LogP contribution in [-0.2, 0) is 9.84 Å². The molecular formula is C13H12N4O6S. The number of carbonyl (C=O) groups is 2. The summed E-state index contributed by atoms with van der Waals surface area (Å²) >= 11 is 0. The third-order valence-corrected chi connectivity index (χ3v) is 4.30. The Morgan fingerprint density at radius 3 is 2.46 bits per heavy atom. The van der Waals surface area contributed by atoms with Crippen molar-refractivity contribution in [3.63, 3.8) is 0 Å². The predicted molar refractivity (Wildman–Crippen MR) is 80.7 cm³/mol. The lowest BCUT2D eigenvalue weighted by Crippen LogP contribution is -2.25. The van der Waals surface area contributed by atoms with Gasteiger partial charge in [-0.15, -0.1) is 0 Å². The number of rotatable bonds is 4. The topological polar surface area (TPSA) is 148 Å². The number of nitrogens with one attached hydrogen (secondary N) is 1. The largest absolute Gasteiger partial charge is 0.478 e. The number of aromatic nitrogens is 3. The monoisotopic (exact) mass is 352 g/mol. The molecule has 0 atom stereocenters. The number of carboxylic acids is 1. The molecule has 0 unspecified atom stereocenters. The summed E-state index contributed by atoms with van der Waals surface area (Å²) in [6, 6.07) is 4.65. The number of hydrogen-bond acceptors (Lipinski definition) is 8. The number of carbonyl (C=O) groups excluding carboxylic acids is 1. The molecule has 0 radical (unpaired) electrons. The van der Waals surface area contributed by atoms with Gasteiger partial charge in [-0.1, -0.05) is 12.1 Å². The number of nitrogens with zero attached hydrogens (tertiary/aromatic N) is 3. The first-order valence-electron chi connectivity index (χ1n) is 6.40. The molecule has 0 fully saturated rings. The highest BCUT2D eigenvalue weighted by atomic mass is 32.2. The highest BCUT2D eigenvalue weighted by molar-refractivity contribution is 8.06. The third-order valence-electron chi connectivity index (χ3n) is 2.77. The van der Waals surface area contributed by atoms with Crippen LogP contribution in [0.2, 0.25) is 0 Å². The molecule has 126 valence electrons. The first-order chi connectivity index (χ1) is 11.3. The molecule has 0 bridgehead atoms. The van der Waals surface area contributed by atoms with E-state index in [0.717, 1.165) is 12.1 Å². The van der Waals surface area contributed by atoms with Crippen molar-refractivity contribution in [2.24, 2.45) is 0 Å². The van der Waals surface area contributed by atoms with Gasteiger partial charge < -0.3 is 9.84 Å². The summed E-state index contributed by atoms with van der Waals surface area (Å²) in [5.41, 5.74) is -0.517. The van der Waals surface area contributed by atoms with Crippen molar-refractivity contribution in [1.82, 2.24) is 15.0 Å². The number of carboxylic acid groups (broad SMARTS) is 1. The Hall–Kier alpha value is -3.08. The number of amides is 1. The first-order valence-corrected chi connectivity index (χ1v) is 7.89. The van der Waals surface area contributed by atoms with Crippen LogP contribution in [0.4, 0.5) is 10.7 Å². The number of methoxy groups -OCH3 is 1. The Morgan fingerprint density at radius 1 is 1.17 bits per heavy atom. The predicted octanol–water partition coefficient (Wildman–Crippen LogP) is 0.893. The zero-order valence-corrected chi connectivity index (χ0v) is 13.4. The summed E-state index contributed by atoms with van der Waals surface area (Å²) in [6.45, 7) is 1.49. The number of sulfone groups is 1. The van der Waals surface area contributed by atoms with Crippen LogP contribution in [0.5, 0.6) is 6.01 Å². The molecule has 2 rings (SSSR count). The van der Waals surface area contributed by atoms with Crippen LogP contribution in [0.25, 0.3) is 0 Å². The van der Waals surface area contributed by atoms with Gasteiger partial charge in [-0.3, -0.25) is 10.1 Å². The van der Waals surface area contributed by atoms with E-state index >= 15 is 0 Å². The average molecular weight is 352 g/mol. The lowest BCUT2D eigenvalue weighted by Gasteiger charge is -2.08. The molecule has 0 aliphatic heterocycles. The fourth-order valence-corrected chi connectivity index (χ4v) is 2.87. The maximum absolute atomic E-state index is 12.3. The van der Waals surface area contributed by atoms with E-state index in [1.807, 2.05) is 5.32 Å². The first kappa shape index (κ1) is 17.3. The number of aromatic carboxylic acids is 1. The molecule has 24 heavy (non-hydrogen) atoms. The molecule has 0 spiro atoms. The smallest absolute Gasteiger partial charge is 0.348 e. The molecule has 2 N–H and O–H groups in total. The fraction of sp³-hybridized carbons (Fsp3) is 0.154.